The van der Waals surface area contributed by atoms with Crippen LogP contribution in [0.25, 0.3) is 0 Å². The first-order valence-electron chi connectivity index (χ1n) is 6.52. The molecule has 1 aromatic heterocycles. The minimum atomic E-state index is 0.566. The Bertz CT molecular complexity index is 567. The number of nitrogens with zero attached hydrogens (tertiary/aromatic N) is 2. The fourth-order valence-electron chi connectivity index (χ4n) is 1.99. The second kappa shape index (κ2) is 7.16. The lowest BCUT2D eigenvalue weighted by Gasteiger charge is -2.22. The molecule has 108 valence electrons. The van der Waals surface area contributed by atoms with Gasteiger partial charge in [-0.2, -0.15) is 0 Å². The third kappa shape index (κ3) is 3.78. The van der Waals surface area contributed by atoms with E-state index in [1.54, 1.807) is 6.20 Å². The van der Waals surface area contributed by atoms with E-state index in [-0.39, 0.29) is 0 Å². The van der Waals surface area contributed by atoms with Gasteiger partial charge in [-0.15, -0.1) is 11.3 Å². The number of hydrogen-bond donors (Lipinski definition) is 1. The van der Waals surface area contributed by atoms with Gasteiger partial charge in [0.2, 0.25) is 0 Å². The summed E-state index contributed by atoms with van der Waals surface area (Å²) in [5, 5.41) is 4.09. The molecule has 0 aliphatic carbocycles. The van der Waals surface area contributed by atoms with Crippen molar-refractivity contribution in [2.45, 2.75) is 20.4 Å². The Kier molecular flexibility index (Phi) is 5.52. The summed E-state index contributed by atoms with van der Waals surface area (Å²) in [6.07, 6.45) is 1.78. The molecule has 6 heteroatoms. The van der Waals surface area contributed by atoms with Crippen molar-refractivity contribution < 1.29 is 0 Å². The van der Waals surface area contributed by atoms with E-state index in [1.165, 1.54) is 11.3 Å². The number of rotatable bonds is 6. The van der Waals surface area contributed by atoms with Crippen LogP contribution in [0.1, 0.15) is 18.7 Å². The van der Waals surface area contributed by atoms with Crippen LogP contribution < -0.4 is 10.2 Å². The molecule has 0 amide bonds. The Balaban J connectivity index is 2.05. The van der Waals surface area contributed by atoms with Gasteiger partial charge in [0.05, 0.1) is 17.3 Å². The average molecular weight is 330 g/mol. The fraction of sp³-hybridized carbons (Fsp3) is 0.357. The Morgan fingerprint density at radius 2 is 2.00 bits per heavy atom. The molecule has 0 aliphatic heterocycles. The maximum absolute atomic E-state index is 6.36. The first-order chi connectivity index (χ1) is 9.63. The second-order valence-electron chi connectivity index (χ2n) is 4.27. The molecular weight excluding hydrogens is 313 g/mol. The van der Waals surface area contributed by atoms with Crippen molar-refractivity contribution in [3.63, 3.8) is 0 Å². The van der Waals surface area contributed by atoms with E-state index in [0.717, 1.165) is 34.4 Å². The van der Waals surface area contributed by atoms with Crippen molar-refractivity contribution in [2.24, 2.45) is 0 Å². The van der Waals surface area contributed by atoms with E-state index in [4.69, 9.17) is 23.2 Å². The maximum Gasteiger partial charge on any atom is 0.183 e. The van der Waals surface area contributed by atoms with E-state index in [0.29, 0.717) is 11.0 Å². The second-order valence-corrected chi connectivity index (χ2v) is 6.38. The Labute approximate surface area is 133 Å². The highest BCUT2D eigenvalue weighted by atomic mass is 35.5. The van der Waals surface area contributed by atoms with Crippen molar-refractivity contribution in [2.75, 3.05) is 23.3 Å². The third-order valence-corrected chi connectivity index (χ3v) is 4.46. The molecule has 1 aromatic carbocycles. The largest absolute Gasteiger partial charge is 0.380 e. The molecule has 20 heavy (non-hydrogen) atoms. The highest BCUT2D eigenvalue weighted by molar-refractivity contribution is 7.15. The normalized spacial score (nSPS) is 10.6. The van der Waals surface area contributed by atoms with Crippen molar-refractivity contribution in [1.29, 1.82) is 0 Å². The van der Waals surface area contributed by atoms with Gasteiger partial charge in [-0.3, -0.25) is 0 Å². The highest BCUT2D eigenvalue weighted by Crippen LogP contribution is 2.29. The van der Waals surface area contributed by atoms with E-state index < -0.39 is 0 Å². The molecule has 1 N–H and O–H groups in total. The van der Waals surface area contributed by atoms with Gasteiger partial charge in [-0.25, -0.2) is 4.98 Å². The topological polar surface area (TPSA) is 28.2 Å². The zero-order chi connectivity index (χ0) is 14.5. The van der Waals surface area contributed by atoms with Crippen LogP contribution in [0.2, 0.25) is 9.49 Å². The van der Waals surface area contributed by atoms with Gasteiger partial charge in [0.1, 0.15) is 0 Å². The molecule has 0 saturated carbocycles. The molecule has 1 heterocycles. The van der Waals surface area contributed by atoms with Crippen LogP contribution >= 0.6 is 34.5 Å². The summed E-state index contributed by atoms with van der Waals surface area (Å²) >= 11 is 13.6. The molecule has 0 spiro atoms. The molecule has 0 bridgehead atoms. The maximum atomic E-state index is 6.36. The van der Waals surface area contributed by atoms with Crippen LogP contribution in [0.15, 0.2) is 24.4 Å². The van der Waals surface area contributed by atoms with E-state index in [9.17, 15) is 0 Å². The number of halogens is 2. The lowest BCUT2D eigenvalue weighted by atomic mass is 10.2. The van der Waals surface area contributed by atoms with Gasteiger partial charge in [-0.05, 0) is 32.0 Å². The van der Waals surface area contributed by atoms with Crippen molar-refractivity contribution in [3.05, 3.63) is 38.8 Å². The fourth-order valence-corrected chi connectivity index (χ4v) is 3.21. The summed E-state index contributed by atoms with van der Waals surface area (Å²) in [5.41, 5.74) is 2.07. The summed E-state index contributed by atoms with van der Waals surface area (Å²) in [6, 6.07) is 6.05. The molecular formula is C14H17Cl2N3S. The van der Waals surface area contributed by atoms with Crippen LogP contribution in [-0.2, 0) is 6.54 Å². The number of hydrogen-bond acceptors (Lipinski definition) is 4. The average Bonchev–Trinajstić information content (AvgIpc) is 2.85. The lowest BCUT2D eigenvalue weighted by molar-refractivity contribution is 0.866. The zero-order valence-corrected chi connectivity index (χ0v) is 13.8. The molecule has 0 fully saturated rings. The van der Waals surface area contributed by atoms with Crippen LogP contribution in [0.3, 0.4) is 0 Å². The van der Waals surface area contributed by atoms with Crippen LogP contribution in [-0.4, -0.2) is 18.1 Å². The van der Waals surface area contributed by atoms with Gasteiger partial charge in [0.25, 0.3) is 0 Å². The van der Waals surface area contributed by atoms with Crippen LogP contribution in [0.5, 0.6) is 0 Å². The van der Waals surface area contributed by atoms with Gasteiger partial charge in [0.15, 0.2) is 4.47 Å². The number of anilines is 2. The molecule has 0 unspecified atom stereocenters. The number of thiazole rings is 1. The van der Waals surface area contributed by atoms with E-state index in [2.05, 4.69) is 35.1 Å². The predicted molar refractivity (Wildman–Crippen MR) is 89.5 cm³/mol. The predicted octanol–water partition coefficient (Wildman–Crippen LogP) is 4.91. The summed E-state index contributed by atoms with van der Waals surface area (Å²) in [6.45, 7) is 6.84. The number of nitrogens with one attached hydrogen (secondary N) is 1. The number of aromatic nitrogens is 1. The molecule has 3 nitrogen and oxygen atoms in total. The van der Waals surface area contributed by atoms with Crippen molar-refractivity contribution >= 4 is 45.9 Å². The van der Waals surface area contributed by atoms with Gasteiger partial charge >= 0.3 is 0 Å². The summed E-state index contributed by atoms with van der Waals surface area (Å²) in [5.74, 6) is 0. The minimum absolute atomic E-state index is 0.566. The van der Waals surface area contributed by atoms with Gasteiger partial charge in [-0.1, -0.05) is 23.2 Å². The summed E-state index contributed by atoms with van der Waals surface area (Å²) in [4.78, 5) is 7.34. The molecule has 0 radical (unpaired) electrons. The molecule has 0 saturated heterocycles. The highest BCUT2D eigenvalue weighted by Gasteiger charge is 2.08. The van der Waals surface area contributed by atoms with Crippen molar-refractivity contribution in [3.8, 4) is 0 Å². The van der Waals surface area contributed by atoms with E-state index >= 15 is 0 Å². The smallest absolute Gasteiger partial charge is 0.183 e. The Morgan fingerprint density at radius 1 is 1.25 bits per heavy atom. The third-order valence-electron chi connectivity index (χ3n) is 3.04. The number of benzene rings is 1. The zero-order valence-electron chi connectivity index (χ0n) is 11.5. The summed E-state index contributed by atoms with van der Waals surface area (Å²) in [7, 11) is 0. The first-order valence-corrected chi connectivity index (χ1v) is 8.09. The lowest BCUT2D eigenvalue weighted by Crippen LogP contribution is -2.22. The van der Waals surface area contributed by atoms with Gasteiger partial charge < -0.3 is 10.2 Å². The Hall–Kier alpha value is -0.970. The van der Waals surface area contributed by atoms with E-state index in [1.807, 2.05) is 12.1 Å². The summed E-state index contributed by atoms with van der Waals surface area (Å²) < 4.78 is 0.566. The standard InChI is InChI=1S/C14H17Cl2N3S/c1-3-19(4-2)13-6-5-10(7-12(13)15)17-8-11-9-18-14(16)20-11/h5-7,9,17H,3-4,8H2,1-2H3. The molecule has 2 aromatic rings. The monoisotopic (exact) mass is 329 g/mol. The molecule has 2 rings (SSSR count). The minimum Gasteiger partial charge on any atom is -0.380 e. The molecule has 0 atom stereocenters. The van der Waals surface area contributed by atoms with Crippen LogP contribution in [0, 0.1) is 0 Å². The quantitative estimate of drug-likeness (QED) is 0.816. The van der Waals surface area contributed by atoms with Crippen molar-refractivity contribution in [1.82, 2.24) is 4.98 Å². The molecule has 0 aliphatic rings. The Morgan fingerprint density at radius 3 is 2.55 bits per heavy atom. The SMILES string of the molecule is CCN(CC)c1ccc(NCc2cnc(Cl)s2)cc1Cl. The van der Waals surface area contributed by atoms with Gasteiger partial charge in [0, 0.05) is 29.9 Å². The van der Waals surface area contributed by atoms with Crippen LogP contribution in [0.4, 0.5) is 11.4 Å². The first kappa shape index (κ1) is 15.4.